The van der Waals surface area contributed by atoms with Crippen LogP contribution in [0.3, 0.4) is 0 Å². The van der Waals surface area contributed by atoms with Crippen LogP contribution in [-0.2, 0) is 9.53 Å². The number of benzene rings is 2. The van der Waals surface area contributed by atoms with Gasteiger partial charge in [0, 0.05) is 23.8 Å². The molecule has 1 aliphatic heterocycles. The average Bonchev–Trinajstić information content (AvgIpc) is 3.52. The van der Waals surface area contributed by atoms with Gasteiger partial charge in [-0.3, -0.25) is 19.5 Å². The molecule has 2 aromatic heterocycles. The minimum absolute atomic E-state index is 0.0179. The predicted molar refractivity (Wildman–Crippen MR) is 153 cm³/mol. The van der Waals surface area contributed by atoms with Gasteiger partial charge < -0.3 is 13.9 Å². The number of nitro groups is 1. The molecule has 0 radical (unpaired) electrons. The molecule has 3 heterocycles. The van der Waals surface area contributed by atoms with Gasteiger partial charge in [-0.1, -0.05) is 23.5 Å². The summed E-state index contributed by atoms with van der Waals surface area (Å²) in [6.07, 6.45) is 1.27. The Morgan fingerprint density at radius 1 is 1.15 bits per heavy atom. The number of fused-ring (bicyclic) bond motifs is 1. The second kappa shape index (κ2) is 11.4. The number of hydrogen-bond donors (Lipinski definition) is 0. The van der Waals surface area contributed by atoms with Gasteiger partial charge in [0.2, 0.25) is 0 Å². The Morgan fingerprint density at radius 3 is 2.49 bits per heavy atom. The van der Waals surface area contributed by atoms with E-state index < -0.39 is 16.9 Å². The first-order valence-electron chi connectivity index (χ1n) is 13.0. The summed E-state index contributed by atoms with van der Waals surface area (Å²) in [7, 11) is 0. The van der Waals surface area contributed by atoms with Crippen LogP contribution in [0, 0.1) is 10.1 Å². The summed E-state index contributed by atoms with van der Waals surface area (Å²) >= 11 is 1.19. The number of nitro benzene ring substituents is 1. The lowest BCUT2D eigenvalue weighted by Gasteiger charge is -2.25. The highest BCUT2D eigenvalue weighted by molar-refractivity contribution is 7.07. The maximum Gasteiger partial charge on any atom is 0.338 e. The average molecular weight is 574 g/mol. The van der Waals surface area contributed by atoms with E-state index in [1.165, 1.54) is 28.0 Å². The molecule has 210 valence electrons. The Morgan fingerprint density at radius 2 is 1.85 bits per heavy atom. The summed E-state index contributed by atoms with van der Waals surface area (Å²) in [5, 5.41) is 11.0. The number of allylic oxidation sites excluding steroid dienone is 1. The van der Waals surface area contributed by atoms with Gasteiger partial charge >= 0.3 is 5.97 Å². The Balaban J connectivity index is 1.58. The molecular formula is C30H27N3O7S. The number of ether oxygens (including phenoxy) is 2. The van der Waals surface area contributed by atoms with E-state index in [9.17, 15) is 19.7 Å². The summed E-state index contributed by atoms with van der Waals surface area (Å²) in [5.41, 5.74) is 1.79. The highest BCUT2D eigenvalue weighted by Gasteiger charge is 2.33. The third-order valence-electron chi connectivity index (χ3n) is 6.35. The van der Waals surface area contributed by atoms with E-state index in [0.29, 0.717) is 55.6 Å². The third kappa shape index (κ3) is 5.62. The molecule has 4 aromatic rings. The van der Waals surface area contributed by atoms with Crippen molar-refractivity contribution in [1.29, 1.82) is 0 Å². The van der Waals surface area contributed by atoms with Crippen LogP contribution in [-0.4, -0.2) is 28.2 Å². The predicted octanol–water partition coefficient (Wildman–Crippen LogP) is 4.75. The number of carbonyl (C=O) groups excluding carboxylic acids is 1. The van der Waals surface area contributed by atoms with Gasteiger partial charge in [-0.05, 0) is 69.7 Å². The zero-order chi connectivity index (χ0) is 29.3. The largest absolute Gasteiger partial charge is 0.494 e. The molecule has 0 aliphatic carbocycles. The van der Waals surface area contributed by atoms with Crippen LogP contribution in [0.25, 0.3) is 17.4 Å². The molecule has 11 heteroatoms. The number of nitrogens with zero attached hydrogens (tertiary/aromatic N) is 3. The number of furan rings is 1. The fraction of sp³-hybridized carbons (Fsp3) is 0.233. The lowest BCUT2D eigenvalue weighted by atomic mass is 9.96. The van der Waals surface area contributed by atoms with Crippen molar-refractivity contribution in [2.24, 2.45) is 4.99 Å². The fourth-order valence-corrected chi connectivity index (χ4v) is 5.58. The standard InChI is InChI=1S/C30H27N3O7S/c1-5-38-22-12-8-20(9-13-22)27-26(29(35)39-17(2)3)18(4)31-30-32(27)28(34)25(41-30)16-23-14-15-24(40-23)19-6-10-21(11-7-19)33(36)37/h6-17,27H,5H2,1-4H3/b25-16+/t27-/m0/s1. The Labute approximate surface area is 238 Å². The molecule has 2 aromatic carbocycles. The van der Waals surface area contributed by atoms with Crippen molar-refractivity contribution in [3.05, 3.63) is 113 Å². The van der Waals surface area contributed by atoms with E-state index in [1.807, 2.05) is 19.1 Å². The van der Waals surface area contributed by atoms with Gasteiger partial charge in [0.05, 0.1) is 39.5 Å². The van der Waals surface area contributed by atoms with Crippen molar-refractivity contribution in [3.63, 3.8) is 0 Å². The highest BCUT2D eigenvalue weighted by Crippen LogP contribution is 2.32. The maximum atomic E-state index is 13.8. The van der Waals surface area contributed by atoms with Crippen LogP contribution in [0.1, 0.15) is 45.1 Å². The number of hydrogen-bond acceptors (Lipinski definition) is 9. The van der Waals surface area contributed by atoms with Gasteiger partial charge in [0.25, 0.3) is 11.2 Å². The SMILES string of the molecule is CCOc1ccc([C@H]2C(C(=O)OC(C)C)=C(C)N=c3s/c(=C/c4ccc(-c5ccc([N+](=O)[O-])cc5)o4)c(=O)n32)cc1. The lowest BCUT2D eigenvalue weighted by Crippen LogP contribution is -2.40. The molecule has 0 amide bonds. The van der Waals surface area contributed by atoms with Crippen LogP contribution in [0.4, 0.5) is 5.69 Å². The summed E-state index contributed by atoms with van der Waals surface area (Å²) in [5.74, 6) is 1.07. The molecule has 1 aliphatic rings. The number of non-ortho nitro benzene ring substituents is 1. The van der Waals surface area contributed by atoms with Gasteiger partial charge in [-0.15, -0.1) is 0 Å². The number of thiazole rings is 1. The van der Waals surface area contributed by atoms with E-state index >= 15 is 0 Å². The molecule has 1 atom stereocenters. The van der Waals surface area contributed by atoms with E-state index in [0.717, 1.165) is 0 Å². The van der Waals surface area contributed by atoms with Crippen molar-refractivity contribution in [2.45, 2.75) is 39.8 Å². The molecule has 0 N–H and O–H groups in total. The van der Waals surface area contributed by atoms with Crippen molar-refractivity contribution >= 4 is 29.1 Å². The first kappa shape index (κ1) is 27.8. The zero-order valence-electron chi connectivity index (χ0n) is 22.8. The summed E-state index contributed by atoms with van der Waals surface area (Å²) in [6.45, 7) is 7.68. The Hall–Kier alpha value is -4.77. The summed E-state index contributed by atoms with van der Waals surface area (Å²) in [6, 6.07) is 16.0. The van der Waals surface area contributed by atoms with E-state index in [4.69, 9.17) is 13.9 Å². The topological polar surface area (TPSA) is 126 Å². The monoisotopic (exact) mass is 573 g/mol. The van der Waals surface area contributed by atoms with Gasteiger partial charge in [0.15, 0.2) is 4.80 Å². The first-order chi connectivity index (χ1) is 19.7. The number of aromatic nitrogens is 1. The molecular weight excluding hydrogens is 546 g/mol. The quantitative estimate of drug-likeness (QED) is 0.169. The van der Waals surface area contributed by atoms with E-state index in [1.54, 1.807) is 63.2 Å². The smallest absolute Gasteiger partial charge is 0.338 e. The normalized spacial score (nSPS) is 15.0. The van der Waals surface area contributed by atoms with Crippen LogP contribution < -0.4 is 19.6 Å². The Kier molecular flexibility index (Phi) is 7.71. The maximum absolute atomic E-state index is 13.8. The van der Waals surface area contributed by atoms with Crippen LogP contribution in [0.2, 0.25) is 0 Å². The second-order valence-corrected chi connectivity index (χ2v) is 10.6. The number of esters is 1. The second-order valence-electron chi connectivity index (χ2n) is 9.54. The van der Waals surface area contributed by atoms with Crippen molar-refractivity contribution in [2.75, 3.05) is 6.61 Å². The minimum atomic E-state index is -0.748. The zero-order valence-corrected chi connectivity index (χ0v) is 23.6. The molecule has 0 fully saturated rings. The molecule has 0 bridgehead atoms. The number of carbonyl (C=O) groups is 1. The molecule has 0 unspecified atom stereocenters. The molecule has 0 spiro atoms. The molecule has 0 saturated heterocycles. The first-order valence-corrected chi connectivity index (χ1v) is 13.8. The van der Waals surface area contributed by atoms with E-state index in [2.05, 4.69) is 4.99 Å². The number of rotatable bonds is 8. The molecule has 41 heavy (non-hydrogen) atoms. The molecule has 0 saturated carbocycles. The summed E-state index contributed by atoms with van der Waals surface area (Å²) in [4.78, 5) is 42.6. The Bertz CT molecular complexity index is 1830. The highest BCUT2D eigenvalue weighted by atomic mass is 32.1. The van der Waals surface area contributed by atoms with Gasteiger partial charge in [0.1, 0.15) is 17.3 Å². The summed E-state index contributed by atoms with van der Waals surface area (Å²) < 4.78 is 18.9. The van der Waals surface area contributed by atoms with Gasteiger partial charge in [-0.2, -0.15) is 0 Å². The van der Waals surface area contributed by atoms with Crippen molar-refractivity contribution in [1.82, 2.24) is 4.57 Å². The molecule has 10 nitrogen and oxygen atoms in total. The molecule has 5 rings (SSSR count). The van der Waals surface area contributed by atoms with E-state index in [-0.39, 0.29) is 17.4 Å². The van der Waals surface area contributed by atoms with Crippen LogP contribution in [0.15, 0.2) is 86.1 Å². The van der Waals surface area contributed by atoms with Crippen molar-refractivity contribution in [3.8, 4) is 17.1 Å². The van der Waals surface area contributed by atoms with Crippen molar-refractivity contribution < 1.29 is 23.6 Å². The third-order valence-corrected chi connectivity index (χ3v) is 7.34. The van der Waals surface area contributed by atoms with Crippen LogP contribution >= 0.6 is 11.3 Å². The lowest BCUT2D eigenvalue weighted by molar-refractivity contribution is -0.384. The van der Waals surface area contributed by atoms with Crippen LogP contribution in [0.5, 0.6) is 5.75 Å². The fourth-order valence-electron chi connectivity index (χ4n) is 4.55. The minimum Gasteiger partial charge on any atom is -0.494 e. The van der Waals surface area contributed by atoms with Gasteiger partial charge in [-0.25, -0.2) is 9.79 Å².